The summed E-state index contributed by atoms with van der Waals surface area (Å²) in [7, 11) is 0. The Morgan fingerprint density at radius 3 is 2.63 bits per heavy atom. The molecule has 0 aromatic heterocycles. The summed E-state index contributed by atoms with van der Waals surface area (Å²) in [4.78, 5) is 2.26. The summed E-state index contributed by atoms with van der Waals surface area (Å²) in [6.45, 7) is 0. The lowest BCUT2D eigenvalue weighted by molar-refractivity contribution is 1.20. The molecule has 90 valence electrons. The van der Waals surface area contributed by atoms with Gasteiger partial charge in [0.25, 0.3) is 0 Å². The van der Waals surface area contributed by atoms with E-state index < -0.39 is 0 Å². The van der Waals surface area contributed by atoms with Crippen molar-refractivity contribution < 1.29 is 0 Å². The first-order chi connectivity index (χ1) is 9.42. The highest BCUT2D eigenvalue weighted by Gasteiger charge is 2.17. The Bertz CT molecular complexity index is 724. The summed E-state index contributed by atoms with van der Waals surface area (Å²) in [5.41, 5.74) is 6.19. The van der Waals surface area contributed by atoms with Gasteiger partial charge >= 0.3 is 0 Å². The lowest BCUT2D eigenvalue weighted by Crippen LogP contribution is -2.14. The Balaban J connectivity index is 1.95. The van der Waals surface area contributed by atoms with E-state index in [4.69, 9.17) is 0 Å². The van der Waals surface area contributed by atoms with Gasteiger partial charge in [-0.1, -0.05) is 54.7 Å². The van der Waals surface area contributed by atoms with E-state index in [-0.39, 0.29) is 0 Å². The molecule has 1 nitrogen and oxygen atoms in total. The Labute approximate surface area is 112 Å². The molecule has 1 heteroatoms. The van der Waals surface area contributed by atoms with Gasteiger partial charge in [0.05, 0.1) is 5.69 Å². The lowest BCUT2D eigenvalue weighted by atomic mass is 10.1. The number of benzene rings is 1. The molecule has 4 rings (SSSR count). The number of fused-ring (bicyclic) bond motifs is 4. The van der Waals surface area contributed by atoms with Gasteiger partial charge in [0.15, 0.2) is 0 Å². The van der Waals surface area contributed by atoms with Gasteiger partial charge in [0.1, 0.15) is 0 Å². The SMILES string of the molecule is C1=CC2=CN3C(=CC=Cc4ccccc43)C=CC2=C1. The maximum atomic E-state index is 2.26. The number of para-hydroxylation sites is 1. The smallest absolute Gasteiger partial charge is 0.0528 e. The molecule has 1 aliphatic carbocycles. The maximum Gasteiger partial charge on any atom is 0.0528 e. The monoisotopic (exact) mass is 243 g/mol. The average Bonchev–Trinajstić information content (AvgIpc) is 2.71. The molecule has 0 saturated heterocycles. The molecule has 1 aromatic carbocycles. The van der Waals surface area contributed by atoms with Crippen molar-refractivity contribution >= 4 is 11.8 Å². The molecule has 2 heterocycles. The summed E-state index contributed by atoms with van der Waals surface area (Å²) >= 11 is 0. The second kappa shape index (κ2) is 3.99. The quantitative estimate of drug-likeness (QED) is 0.654. The van der Waals surface area contributed by atoms with Crippen molar-refractivity contribution in [1.29, 1.82) is 0 Å². The summed E-state index contributed by atoms with van der Waals surface area (Å²) in [5.74, 6) is 0. The van der Waals surface area contributed by atoms with Crippen LogP contribution in [0.25, 0.3) is 6.08 Å². The van der Waals surface area contributed by atoms with Gasteiger partial charge in [-0.2, -0.15) is 0 Å². The zero-order chi connectivity index (χ0) is 12.7. The maximum absolute atomic E-state index is 2.26. The van der Waals surface area contributed by atoms with Gasteiger partial charge in [-0.15, -0.1) is 0 Å². The number of nitrogens with zero attached hydrogens (tertiary/aromatic N) is 1. The molecule has 0 fully saturated rings. The van der Waals surface area contributed by atoms with Crippen LogP contribution in [0.1, 0.15) is 5.56 Å². The molecule has 2 aliphatic heterocycles. The molecular weight excluding hydrogens is 230 g/mol. The fraction of sp³-hybridized carbons (Fsp3) is 0. The minimum absolute atomic E-state index is 1.19. The molecule has 0 N–H and O–H groups in total. The molecule has 0 unspecified atom stereocenters. The Kier molecular flexibility index (Phi) is 2.18. The number of anilines is 1. The van der Waals surface area contributed by atoms with Crippen molar-refractivity contribution in [2.24, 2.45) is 0 Å². The molecule has 0 atom stereocenters. The lowest BCUT2D eigenvalue weighted by Gasteiger charge is -2.22. The van der Waals surface area contributed by atoms with Crippen LogP contribution in [-0.2, 0) is 0 Å². The van der Waals surface area contributed by atoms with E-state index >= 15 is 0 Å². The summed E-state index contributed by atoms with van der Waals surface area (Å²) in [6, 6.07) is 8.48. The molecular formula is C18H13N. The zero-order valence-electron chi connectivity index (χ0n) is 10.5. The van der Waals surface area contributed by atoms with E-state index in [1.54, 1.807) is 0 Å². The van der Waals surface area contributed by atoms with Gasteiger partial charge in [-0.05, 0) is 34.9 Å². The second-order valence-electron chi connectivity index (χ2n) is 4.78. The van der Waals surface area contributed by atoms with E-state index in [0.717, 1.165) is 0 Å². The third-order valence-corrected chi connectivity index (χ3v) is 3.60. The summed E-state index contributed by atoms with van der Waals surface area (Å²) in [6.07, 6.45) is 19.4. The second-order valence-corrected chi connectivity index (χ2v) is 4.78. The minimum atomic E-state index is 1.19. The highest BCUT2D eigenvalue weighted by molar-refractivity contribution is 5.77. The molecule has 1 aromatic rings. The van der Waals surface area contributed by atoms with E-state index in [1.165, 1.54) is 28.1 Å². The van der Waals surface area contributed by atoms with Gasteiger partial charge in [0, 0.05) is 11.9 Å². The molecule has 0 amide bonds. The van der Waals surface area contributed by atoms with Crippen molar-refractivity contribution in [1.82, 2.24) is 0 Å². The van der Waals surface area contributed by atoms with Crippen LogP contribution in [0, 0.1) is 0 Å². The number of allylic oxidation sites excluding steroid dienone is 9. The molecule has 3 aliphatic rings. The van der Waals surface area contributed by atoms with Crippen LogP contribution in [-0.4, -0.2) is 0 Å². The van der Waals surface area contributed by atoms with E-state index in [0.29, 0.717) is 0 Å². The van der Waals surface area contributed by atoms with Crippen molar-refractivity contribution in [3.63, 3.8) is 0 Å². The molecule has 19 heavy (non-hydrogen) atoms. The number of hydrogen-bond acceptors (Lipinski definition) is 1. The summed E-state index contributed by atoms with van der Waals surface area (Å²) < 4.78 is 0. The van der Waals surface area contributed by atoms with Gasteiger partial charge in [-0.25, -0.2) is 0 Å². The molecule has 0 spiro atoms. The van der Waals surface area contributed by atoms with Crippen molar-refractivity contribution in [3.8, 4) is 0 Å². The van der Waals surface area contributed by atoms with Gasteiger partial charge in [0.2, 0.25) is 0 Å². The molecule has 0 radical (unpaired) electrons. The Morgan fingerprint density at radius 1 is 0.737 bits per heavy atom. The van der Waals surface area contributed by atoms with Gasteiger partial charge < -0.3 is 4.90 Å². The minimum Gasteiger partial charge on any atom is -0.316 e. The molecule has 0 saturated carbocycles. The fourth-order valence-electron chi connectivity index (χ4n) is 2.63. The van der Waals surface area contributed by atoms with Crippen molar-refractivity contribution in [3.05, 3.63) is 95.4 Å². The van der Waals surface area contributed by atoms with Crippen LogP contribution in [0.15, 0.2) is 89.8 Å². The largest absolute Gasteiger partial charge is 0.316 e. The van der Waals surface area contributed by atoms with E-state index in [9.17, 15) is 0 Å². The predicted molar refractivity (Wildman–Crippen MR) is 80.5 cm³/mol. The normalized spacial score (nSPS) is 18.7. The van der Waals surface area contributed by atoms with Crippen LogP contribution >= 0.6 is 0 Å². The Hall–Kier alpha value is -2.54. The first kappa shape index (κ1) is 10.4. The number of hydrogen-bond donors (Lipinski definition) is 0. The predicted octanol–water partition coefficient (Wildman–Crippen LogP) is 4.35. The standard InChI is InChI=1S/C18H13N/c1-2-10-18-15(5-1)7-4-9-17-12-11-14-6-3-8-16(14)13-19(17)18/h1-13H. The highest BCUT2D eigenvalue weighted by atomic mass is 15.1. The first-order valence-corrected chi connectivity index (χ1v) is 6.47. The molecule has 0 bridgehead atoms. The highest BCUT2D eigenvalue weighted by Crippen LogP contribution is 2.33. The fourth-order valence-corrected chi connectivity index (χ4v) is 2.63. The van der Waals surface area contributed by atoms with Crippen LogP contribution in [0.2, 0.25) is 0 Å². The van der Waals surface area contributed by atoms with Crippen molar-refractivity contribution in [2.45, 2.75) is 0 Å². The average molecular weight is 243 g/mol. The van der Waals surface area contributed by atoms with Gasteiger partial charge in [-0.3, -0.25) is 0 Å². The first-order valence-electron chi connectivity index (χ1n) is 6.47. The number of rotatable bonds is 0. The van der Waals surface area contributed by atoms with E-state index in [2.05, 4.69) is 84.0 Å². The van der Waals surface area contributed by atoms with Crippen LogP contribution in [0.5, 0.6) is 0 Å². The topological polar surface area (TPSA) is 3.24 Å². The van der Waals surface area contributed by atoms with Crippen LogP contribution in [0.3, 0.4) is 0 Å². The third kappa shape index (κ3) is 1.63. The van der Waals surface area contributed by atoms with Crippen LogP contribution in [0.4, 0.5) is 5.69 Å². The van der Waals surface area contributed by atoms with Crippen LogP contribution < -0.4 is 4.90 Å². The zero-order valence-corrected chi connectivity index (χ0v) is 10.5. The van der Waals surface area contributed by atoms with E-state index in [1.807, 2.05) is 0 Å². The van der Waals surface area contributed by atoms with Crippen molar-refractivity contribution in [2.75, 3.05) is 4.90 Å². The third-order valence-electron chi connectivity index (χ3n) is 3.60. The Morgan fingerprint density at radius 2 is 1.63 bits per heavy atom. The summed E-state index contributed by atoms with van der Waals surface area (Å²) in [5, 5.41) is 0.